The first kappa shape index (κ1) is 12.6. The van der Waals surface area contributed by atoms with E-state index < -0.39 is 11.9 Å². The number of aryl methyl sites for hydroxylation is 1. The van der Waals surface area contributed by atoms with Gasteiger partial charge in [-0.3, -0.25) is 9.59 Å². The number of nitriles is 1. The number of likely N-dealkylation sites (N-methyl/N-ethyl adjacent to an activating group) is 1. The van der Waals surface area contributed by atoms with Gasteiger partial charge in [0.1, 0.15) is 18.3 Å². The van der Waals surface area contributed by atoms with Gasteiger partial charge in [0, 0.05) is 7.05 Å². The molecule has 1 aromatic heterocycles. The van der Waals surface area contributed by atoms with Gasteiger partial charge in [-0.05, 0) is 19.1 Å². The number of hydrogen-bond donors (Lipinski definition) is 1. The summed E-state index contributed by atoms with van der Waals surface area (Å²) in [6.07, 6.45) is 0. The second-order valence-electron chi connectivity index (χ2n) is 3.50. The molecule has 17 heavy (non-hydrogen) atoms. The zero-order valence-corrected chi connectivity index (χ0v) is 9.47. The van der Waals surface area contributed by atoms with Crippen molar-refractivity contribution in [3.05, 3.63) is 29.1 Å². The van der Waals surface area contributed by atoms with E-state index in [-0.39, 0.29) is 12.2 Å². The molecule has 0 saturated heterocycles. The van der Waals surface area contributed by atoms with Crippen molar-refractivity contribution >= 4 is 11.9 Å². The van der Waals surface area contributed by atoms with Crippen LogP contribution in [0.4, 0.5) is 0 Å². The quantitative estimate of drug-likeness (QED) is 0.816. The van der Waals surface area contributed by atoms with Crippen molar-refractivity contribution in [2.24, 2.45) is 0 Å². The van der Waals surface area contributed by atoms with Crippen molar-refractivity contribution in [2.75, 3.05) is 13.6 Å². The van der Waals surface area contributed by atoms with Crippen LogP contribution < -0.4 is 0 Å². The summed E-state index contributed by atoms with van der Waals surface area (Å²) in [4.78, 5) is 27.2. The Morgan fingerprint density at radius 3 is 2.65 bits per heavy atom. The molecule has 0 aliphatic carbocycles. The average Bonchev–Trinajstić information content (AvgIpc) is 2.27. The maximum atomic E-state index is 11.7. The van der Waals surface area contributed by atoms with E-state index in [1.54, 1.807) is 6.92 Å². The predicted octanol–water partition coefficient (Wildman–Crippen LogP) is 0.418. The van der Waals surface area contributed by atoms with Crippen LogP contribution in [0.5, 0.6) is 0 Å². The number of aliphatic carboxylic acids is 1. The van der Waals surface area contributed by atoms with Gasteiger partial charge in [-0.15, -0.1) is 0 Å². The monoisotopic (exact) mass is 233 g/mol. The van der Waals surface area contributed by atoms with Crippen molar-refractivity contribution < 1.29 is 14.7 Å². The summed E-state index contributed by atoms with van der Waals surface area (Å²) >= 11 is 0. The maximum Gasteiger partial charge on any atom is 0.323 e. The minimum absolute atomic E-state index is 0.130. The highest BCUT2D eigenvalue weighted by Gasteiger charge is 2.16. The molecule has 6 nitrogen and oxygen atoms in total. The summed E-state index contributed by atoms with van der Waals surface area (Å²) in [5.41, 5.74) is 0.967. The summed E-state index contributed by atoms with van der Waals surface area (Å²) in [5.74, 6) is -1.58. The molecule has 0 aromatic carbocycles. The van der Waals surface area contributed by atoms with Crippen LogP contribution >= 0.6 is 0 Å². The van der Waals surface area contributed by atoms with E-state index in [0.29, 0.717) is 11.3 Å². The lowest BCUT2D eigenvalue weighted by Gasteiger charge is -2.14. The Morgan fingerprint density at radius 2 is 2.18 bits per heavy atom. The molecule has 0 aliphatic rings. The first-order valence-electron chi connectivity index (χ1n) is 4.80. The van der Waals surface area contributed by atoms with Crippen molar-refractivity contribution in [3.8, 4) is 6.07 Å². The van der Waals surface area contributed by atoms with E-state index >= 15 is 0 Å². The molecule has 0 radical (unpaired) electrons. The molecule has 1 heterocycles. The van der Waals surface area contributed by atoms with E-state index in [1.807, 2.05) is 6.07 Å². The lowest BCUT2D eigenvalue weighted by atomic mass is 10.2. The van der Waals surface area contributed by atoms with Crippen LogP contribution in [-0.4, -0.2) is 40.5 Å². The Morgan fingerprint density at radius 1 is 1.53 bits per heavy atom. The molecule has 0 bridgehead atoms. The lowest BCUT2D eigenvalue weighted by molar-refractivity contribution is -0.137. The molecular weight excluding hydrogens is 222 g/mol. The van der Waals surface area contributed by atoms with Crippen LogP contribution in [0, 0.1) is 18.3 Å². The highest BCUT2D eigenvalue weighted by molar-refractivity contribution is 5.94. The summed E-state index contributed by atoms with van der Waals surface area (Å²) in [5, 5.41) is 17.3. The minimum atomic E-state index is -1.09. The second kappa shape index (κ2) is 5.07. The third-order valence-electron chi connectivity index (χ3n) is 2.14. The SMILES string of the molecule is Cc1nc(C(=O)N(C)CC(=O)O)ccc1C#N. The number of amides is 1. The number of nitrogens with zero attached hydrogens (tertiary/aromatic N) is 3. The van der Waals surface area contributed by atoms with Gasteiger partial charge in [0.15, 0.2) is 0 Å². The van der Waals surface area contributed by atoms with Gasteiger partial charge in [0.05, 0.1) is 11.3 Å². The van der Waals surface area contributed by atoms with E-state index in [0.717, 1.165) is 4.90 Å². The molecule has 1 N–H and O–H groups in total. The van der Waals surface area contributed by atoms with Crippen LogP contribution in [0.15, 0.2) is 12.1 Å². The zero-order chi connectivity index (χ0) is 13.0. The number of pyridine rings is 1. The maximum absolute atomic E-state index is 11.7. The Bertz CT molecular complexity index is 505. The van der Waals surface area contributed by atoms with Gasteiger partial charge in [0.2, 0.25) is 0 Å². The Hall–Kier alpha value is -2.42. The number of rotatable bonds is 3. The molecule has 1 amide bonds. The van der Waals surface area contributed by atoms with Gasteiger partial charge >= 0.3 is 5.97 Å². The van der Waals surface area contributed by atoms with E-state index in [9.17, 15) is 9.59 Å². The van der Waals surface area contributed by atoms with Gasteiger partial charge < -0.3 is 10.0 Å². The van der Waals surface area contributed by atoms with Crippen LogP contribution in [0.1, 0.15) is 21.7 Å². The average molecular weight is 233 g/mol. The number of carbonyl (C=O) groups is 2. The van der Waals surface area contributed by atoms with E-state index in [4.69, 9.17) is 10.4 Å². The summed E-state index contributed by atoms with van der Waals surface area (Å²) in [7, 11) is 1.38. The molecule has 0 saturated carbocycles. The molecule has 1 aromatic rings. The highest BCUT2D eigenvalue weighted by atomic mass is 16.4. The van der Waals surface area contributed by atoms with Crippen molar-refractivity contribution in [1.82, 2.24) is 9.88 Å². The number of carboxylic acids is 1. The normalized spacial score (nSPS) is 9.47. The number of carbonyl (C=O) groups excluding carboxylic acids is 1. The second-order valence-corrected chi connectivity index (χ2v) is 3.50. The number of carboxylic acid groups (broad SMARTS) is 1. The largest absolute Gasteiger partial charge is 0.480 e. The van der Waals surface area contributed by atoms with Crippen molar-refractivity contribution in [1.29, 1.82) is 5.26 Å². The molecule has 0 unspecified atom stereocenters. The van der Waals surface area contributed by atoms with Gasteiger partial charge in [-0.25, -0.2) is 4.98 Å². The standard InChI is InChI=1S/C11H11N3O3/c1-7-8(5-12)3-4-9(13-7)11(17)14(2)6-10(15)16/h3-4H,6H2,1-2H3,(H,15,16). The summed E-state index contributed by atoms with van der Waals surface area (Å²) < 4.78 is 0. The Labute approximate surface area is 98.1 Å². The van der Waals surface area contributed by atoms with Crippen LogP contribution in [0.3, 0.4) is 0 Å². The fourth-order valence-electron chi connectivity index (χ4n) is 1.27. The molecule has 6 heteroatoms. The van der Waals surface area contributed by atoms with Crippen LogP contribution in [-0.2, 0) is 4.79 Å². The number of hydrogen-bond acceptors (Lipinski definition) is 4. The first-order valence-corrected chi connectivity index (χ1v) is 4.80. The highest BCUT2D eigenvalue weighted by Crippen LogP contribution is 2.07. The fourth-order valence-corrected chi connectivity index (χ4v) is 1.27. The topological polar surface area (TPSA) is 94.3 Å². The van der Waals surface area contributed by atoms with Gasteiger partial charge in [-0.2, -0.15) is 5.26 Å². The predicted molar refractivity (Wildman–Crippen MR) is 58.3 cm³/mol. The van der Waals surface area contributed by atoms with Crippen LogP contribution in [0.25, 0.3) is 0 Å². The van der Waals surface area contributed by atoms with Gasteiger partial charge in [-0.1, -0.05) is 0 Å². The third kappa shape index (κ3) is 3.01. The molecule has 0 fully saturated rings. The lowest BCUT2D eigenvalue weighted by Crippen LogP contribution is -2.32. The van der Waals surface area contributed by atoms with Gasteiger partial charge in [0.25, 0.3) is 5.91 Å². The number of aromatic nitrogens is 1. The molecule has 0 spiro atoms. The smallest absolute Gasteiger partial charge is 0.323 e. The van der Waals surface area contributed by atoms with E-state index in [1.165, 1.54) is 19.2 Å². The summed E-state index contributed by atoms with van der Waals surface area (Å²) in [6, 6.07) is 4.84. The molecule has 0 aliphatic heterocycles. The zero-order valence-electron chi connectivity index (χ0n) is 9.47. The minimum Gasteiger partial charge on any atom is -0.480 e. The van der Waals surface area contributed by atoms with Crippen LogP contribution in [0.2, 0.25) is 0 Å². The van der Waals surface area contributed by atoms with E-state index in [2.05, 4.69) is 4.98 Å². The molecule has 88 valence electrons. The fraction of sp³-hybridized carbons (Fsp3) is 0.273. The molecule has 1 rings (SSSR count). The first-order chi connectivity index (χ1) is 7.95. The third-order valence-corrected chi connectivity index (χ3v) is 2.14. The van der Waals surface area contributed by atoms with Crippen molar-refractivity contribution in [2.45, 2.75) is 6.92 Å². The molecular formula is C11H11N3O3. The molecule has 0 atom stereocenters. The summed E-state index contributed by atoms with van der Waals surface area (Å²) in [6.45, 7) is 1.23. The Kier molecular flexibility index (Phi) is 3.78. The Balaban J connectivity index is 2.94. The van der Waals surface area contributed by atoms with Crippen molar-refractivity contribution in [3.63, 3.8) is 0 Å².